The lowest BCUT2D eigenvalue weighted by Gasteiger charge is -2.19. The molecule has 0 atom stereocenters. The number of carbonyl (C=O) groups excluding carboxylic acids is 1. The molecule has 0 aliphatic heterocycles. The van der Waals surface area contributed by atoms with Crippen LogP contribution in [0.5, 0.6) is 0 Å². The summed E-state index contributed by atoms with van der Waals surface area (Å²) in [6.45, 7) is 7.11. The first-order valence-electron chi connectivity index (χ1n) is 4.38. The fourth-order valence-electron chi connectivity index (χ4n) is 0.864. The summed E-state index contributed by atoms with van der Waals surface area (Å²) in [6.07, 6.45) is -0.543. The minimum absolute atomic E-state index is 0.376. The zero-order valence-electron chi connectivity index (χ0n) is 9.04. The number of halogens is 1. The molecule has 15 heavy (non-hydrogen) atoms. The zero-order chi connectivity index (χ0) is 11.6. The number of hydrogen-bond donors (Lipinski definition) is 1. The predicted octanol–water partition coefficient (Wildman–Crippen LogP) is 2.09. The Bertz CT molecular complexity index is 369. The Morgan fingerprint density at radius 1 is 1.47 bits per heavy atom. The molecule has 1 aromatic rings. The molecule has 0 fully saturated rings. The first-order valence-corrected chi connectivity index (χ1v) is 5.09. The zero-order valence-corrected chi connectivity index (χ0v) is 10.6. The Labute approximate surface area is 96.3 Å². The molecule has 0 aliphatic rings. The Hall–Kier alpha value is -1.11. The molecule has 0 saturated heterocycles. The van der Waals surface area contributed by atoms with E-state index in [9.17, 15) is 4.79 Å². The fraction of sp³-hybridized carbons (Fsp3) is 0.625. The van der Waals surface area contributed by atoms with Gasteiger partial charge in [-0.3, -0.25) is 5.32 Å². The van der Waals surface area contributed by atoms with E-state index in [1.807, 2.05) is 0 Å². The molecule has 1 N–H and O–H groups in total. The molecule has 1 heterocycles. The van der Waals surface area contributed by atoms with Gasteiger partial charge in [-0.05, 0) is 27.7 Å². The quantitative estimate of drug-likeness (QED) is 0.853. The van der Waals surface area contributed by atoms with Crippen LogP contribution in [0.4, 0.5) is 10.6 Å². The van der Waals surface area contributed by atoms with E-state index >= 15 is 0 Å². The summed E-state index contributed by atoms with van der Waals surface area (Å²) in [6, 6.07) is 0. The van der Waals surface area contributed by atoms with Crippen molar-refractivity contribution in [2.45, 2.75) is 33.3 Å². The summed E-state index contributed by atoms with van der Waals surface area (Å²) >= 11 is 3.04. The van der Waals surface area contributed by atoms with Crippen LogP contribution in [0.25, 0.3) is 0 Å². The van der Waals surface area contributed by atoms with Crippen molar-refractivity contribution < 1.29 is 9.53 Å². The van der Waals surface area contributed by atoms with Crippen LogP contribution in [0, 0.1) is 6.92 Å². The van der Waals surface area contributed by atoms with E-state index in [0.29, 0.717) is 11.5 Å². The Balaban J connectivity index is 2.63. The van der Waals surface area contributed by atoms with E-state index in [4.69, 9.17) is 4.74 Å². The number of ether oxygens (including phenoxy) is 1. The number of aryl methyl sites for hydroxylation is 1. The van der Waals surface area contributed by atoms with Gasteiger partial charge in [-0.15, -0.1) is 14.0 Å². The number of aromatic nitrogens is 3. The summed E-state index contributed by atoms with van der Waals surface area (Å²) in [5, 5.41) is 10.3. The second kappa shape index (κ2) is 4.18. The minimum Gasteiger partial charge on any atom is -0.444 e. The molecule has 0 aliphatic carbocycles. The lowest BCUT2D eigenvalue weighted by molar-refractivity contribution is 0.0635. The molecule has 0 aromatic carbocycles. The second-order valence-corrected chi connectivity index (χ2v) is 4.64. The Morgan fingerprint density at radius 2 is 2.07 bits per heavy atom. The normalized spacial score (nSPS) is 11.3. The molecule has 0 unspecified atom stereocenters. The van der Waals surface area contributed by atoms with Gasteiger partial charge < -0.3 is 4.74 Å². The molecular formula is C8H13BrN4O2. The Morgan fingerprint density at radius 3 is 2.47 bits per heavy atom. The lowest BCUT2D eigenvalue weighted by Crippen LogP contribution is -2.27. The van der Waals surface area contributed by atoms with Gasteiger partial charge in [-0.1, -0.05) is 0 Å². The highest BCUT2D eigenvalue weighted by atomic mass is 79.9. The van der Waals surface area contributed by atoms with Crippen molar-refractivity contribution in [2.24, 2.45) is 0 Å². The van der Waals surface area contributed by atoms with Gasteiger partial charge >= 0.3 is 6.09 Å². The fourth-order valence-corrected chi connectivity index (χ4v) is 1.26. The molecule has 0 bridgehead atoms. The standard InChI is InChI=1S/C8H13BrN4O2/c1-5-6(12-13(9)11-5)10-7(14)15-8(2,3)4/h1-4H3,(H,10,12,14). The van der Waals surface area contributed by atoms with Crippen LogP contribution in [0.1, 0.15) is 26.5 Å². The number of nitrogens with zero attached hydrogens (tertiary/aromatic N) is 3. The van der Waals surface area contributed by atoms with Gasteiger partial charge in [-0.25, -0.2) is 4.79 Å². The van der Waals surface area contributed by atoms with E-state index < -0.39 is 11.7 Å². The maximum atomic E-state index is 11.4. The van der Waals surface area contributed by atoms with Crippen molar-refractivity contribution in [1.82, 2.24) is 14.0 Å². The number of nitrogens with one attached hydrogen (secondary N) is 1. The first-order chi connectivity index (χ1) is 6.78. The number of rotatable bonds is 1. The van der Waals surface area contributed by atoms with Crippen LogP contribution in [0.15, 0.2) is 0 Å². The van der Waals surface area contributed by atoms with E-state index in [-0.39, 0.29) is 0 Å². The van der Waals surface area contributed by atoms with E-state index in [0.717, 1.165) is 0 Å². The molecule has 7 heteroatoms. The molecule has 0 radical (unpaired) electrons. The highest BCUT2D eigenvalue weighted by Crippen LogP contribution is 2.12. The molecule has 0 saturated carbocycles. The molecule has 1 rings (SSSR count). The van der Waals surface area contributed by atoms with E-state index in [1.165, 1.54) is 3.82 Å². The Kier molecular flexibility index (Phi) is 3.33. The van der Waals surface area contributed by atoms with Crippen LogP contribution in [-0.2, 0) is 4.74 Å². The smallest absolute Gasteiger partial charge is 0.413 e. The highest BCUT2D eigenvalue weighted by Gasteiger charge is 2.18. The summed E-state index contributed by atoms with van der Waals surface area (Å²) in [7, 11) is 0. The van der Waals surface area contributed by atoms with Gasteiger partial charge in [0.15, 0.2) is 5.82 Å². The number of hydrogen-bond acceptors (Lipinski definition) is 4. The topological polar surface area (TPSA) is 69.0 Å². The van der Waals surface area contributed by atoms with Gasteiger partial charge in [0, 0.05) is 0 Å². The summed E-state index contributed by atoms with van der Waals surface area (Å²) < 4.78 is 6.27. The third kappa shape index (κ3) is 3.86. The molecular weight excluding hydrogens is 264 g/mol. The van der Waals surface area contributed by atoms with Gasteiger partial charge in [0.2, 0.25) is 0 Å². The number of anilines is 1. The van der Waals surface area contributed by atoms with Crippen molar-refractivity contribution in [3.63, 3.8) is 0 Å². The van der Waals surface area contributed by atoms with Crippen LogP contribution in [0.3, 0.4) is 0 Å². The van der Waals surface area contributed by atoms with Gasteiger partial charge in [0.05, 0.1) is 16.1 Å². The second-order valence-electron chi connectivity index (χ2n) is 4.00. The van der Waals surface area contributed by atoms with Gasteiger partial charge in [0.1, 0.15) is 11.3 Å². The highest BCUT2D eigenvalue weighted by molar-refractivity contribution is 9.08. The lowest BCUT2D eigenvalue weighted by atomic mass is 10.2. The predicted molar refractivity (Wildman–Crippen MR) is 58.9 cm³/mol. The monoisotopic (exact) mass is 276 g/mol. The SMILES string of the molecule is Cc1nn(Br)nc1NC(=O)OC(C)(C)C. The van der Waals surface area contributed by atoms with E-state index in [2.05, 4.69) is 31.7 Å². The van der Waals surface area contributed by atoms with Crippen molar-refractivity contribution in [3.05, 3.63) is 5.69 Å². The molecule has 6 nitrogen and oxygen atoms in total. The first kappa shape index (κ1) is 12.0. The number of carbonyl (C=O) groups is 1. The average molecular weight is 277 g/mol. The largest absolute Gasteiger partial charge is 0.444 e. The van der Waals surface area contributed by atoms with Crippen molar-refractivity contribution in [1.29, 1.82) is 0 Å². The minimum atomic E-state index is -0.543. The summed E-state index contributed by atoms with van der Waals surface area (Å²) in [5.41, 5.74) is 0.0836. The van der Waals surface area contributed by atoms with Crippen LogP contribution in [-0.4, -0.2) is 25.7 Å². The van der Waals surface area contributed by atoms with Crippen LogP contribution in [0.2, 0.25) is 0 Å². The van der Waals surface area contributed by atoms with Crippen LogP contribution >= 0.6 is 16.1 Å². The van der Waals surface area contributed by atoms with Gasteiger partial charge in [-0.2, -0.15) is 0 Å². The molecule has 84 valence electrons. The average Bonchev–Trinajstić information content (AvgIpc) is 2.25. The molecule has 1 aromatic heterocycles. The molecule has 0 spiro atoms. The van der Waals surface area contributed by atoms with Gasteiger partial charge in [0.25, 0.3) is 0 Å². The van der Waals surface area contributed by atoms with Crippen LogP contribution < -0.4 is 5.32 Å². The maximum Gasteiger partial charge on any atom is 0.413 e. The van der Waals surface area contributed by atoms with Crippen molar-refractivity contribution in [3.8, 4) is 0 Å². The number of amides is 1. The van der Waals surface area contributed by atoms with Crippen molar-refractivity contribution in [2.75, 3.05) is 5.32 Å². The summed E-state index contributed by atoms with van der Waals surface area (Å²) in [5.74, 6) is 0.376. The summed E-state index contributed by atoms with van der Waals surface area (Å²) in [4.78, 5) is 11.4. The maximum absolute atomic E-state index is 11.4. The van der Waals surface area contributed by atoms with Crippen molar-refractivity contribution >= 4 is 28.1 Å². The van der Waals surface area contributed by atoms with E-state index in [1.54, 1.807) is 27.7 Å². The molecule has 1 amide bonds. The third-order valence-corrected chi connectivity index (χ3v) is 1.69. The third-order valence-electron chi connectivity index (χ3n) is 1.38.